The van der Waals surface area contributed by atoms with E-state index in [9.17, 15) is 24.8 Å². The van der Waals surface area contributed by atoms with Crippen LogP contribution in [0.15, 0.2) is 54.2 Å². The van der Waals surface area contributed by atoms with Crippen LogP contribution in [0.2, 0.25) is 0 Å². The highest BCUT2D eigenvalue weighted by Crippen LogP contribution is 2.23. The Kier molecular flexibility index (Phi) is 6.92. The number of methoxy groups -OCH3 is 2. The Morgan fingerprint density at radius 2 is 1.72 bits per heavy atom. The number of esters is 2. The van der Waals surface area contributed by atoms with Gasteiger partial charge < -0.3 is 25.2 Å². The standard InChI is InChI=1S/C20H17N3O6/c1-28-19(26)12-7-8-14(20(27)29-2)16(9-12)22-11-13(10-21)18(25)23-15-5-3-4-6-17(15)24/h3-9,11,22,24H,1-2H3,(H,23,25)/b13-11-. The molecule has 0 aliphatic rings. The molecule has 0 fully saturated rings. The molecule has 0 aromatic heterocycles. The number of aromatic hydroxyl groups is 1. The van der Waals surface area contributed by atoms with E-state index in [0.717, 1.165) is 6.20 Å². The van der Waals surface area contributed by atoms with E-state index in [0.29, 0.717) is 0 Å². The number of para-hydroxylation sites is 2. The third-order valence-electron chi connectivity index (χ3n) is 3.74. The van der Waals surface area contributed by atoms with Gasteiger partial charge in [0.2, 0.25) is 0 Å². The van der Waals surface area contributed by atoms with Crippen LogP contribution in [0.1, 0.15) is 20.7 Å². The van der Waals surface area contributed by atoms with Crippen LogP contribution >= 0.6 is 0 Å². The van der Waals surface area contributed by atoms with E-state index in [1.165, 1.54) is 44.6 Å². The number of nitriles is 1. The van der Waals surface area contributed by atoms with Gasteiger partial charge in [-0.3, -0.25) is 4.79 Å². The number of nitrogens with zero attached hydrogens (tertiary/aromatic N) is 1. The van der Waals surface area contributed by atoms with Crippen LogP contribution in [-0.4, -0.2) is 37.2 Å². The Morgan fingerprint density at radius 3 is 2.34 bits per heavy atom. The molecule has 1 amide bonds. The molecule has 0 aliphatic carbocycles. The number of hydrogen-bond donors (Lipinski definition) is 3. The Bertz CT molecular complexity index is 1020. The minimum absolute atomic E-state index is 0.0785. The first kappa shape index (κ1) is 21.0. The molecule has 9 heteroatoms. The molecule has 0 aliphatic heterocycles. The SMILES string of the molecule is COC(=O)c1ccc(C(=O)OC)c(N/C=C(/C#N)C(=O)Nc2ccccc2O)c1. The highest BCUT2D eigenvalue weighted by molar-refractivity contribution is 6.07. The van der Waals surface area contributed by atoms with E-state index in [2.05, 4.69) is 20.1 Å². The molecule has 29 heavy (non-hydrogen) atoms. The van der Waals surface area contributed by atoms with E-state index in [4.69, 9.17) is 0 Å². The number of phenolic OH excluding ortho intramolecular Hbond substituents is 1. The van der Waals surface area contributed by atoms with E-state index in [1.54, 1.807) is 18.2 Å². The van der Waals surface area contributed by atoms with Crippen LogP contribution in [0.5, 0.6) is 5.75 Å². The van der Waals surface area contributed by atoms with Gasteiger partial charge in [0, 0.05) is 6.20 Å². The predicted molar refractivity (Wildman–Crippen MR) is 103 cm³/mol. The first-order valence-electron chi connectivity index (χ1n) is 8.18. The summed E-state index contributed by atoms with van der Waals surface area (Å²) in [5.41, 5.74) is 0.139. The van der Waals surface area contributed by atoms with Gasteiger partial charge in [0.05, 0.1) is 36.7 Å². The summed E-state index contributed by atoms with van der Waals surface area (Å²) in [5.74, 6) is -2.27. The van der Waals surface area contributed by atoms with Crippen LogP contribution in [-0.2, 0) is 14.3 Å². The Balaban J connectivity index is 2.32. The third kappa shape index (κ3) is 5.11. The minimum atomic E-state index is -0.787. The molecule has 0 saturated carbocycles. The highest BCUT2D eigenvalue weighted by atomic mass is 16.5. The van der Waals surface area contributed by atoms with Crippen molar-refractivity contribution >= 4 is 29.2 Å². The highest BCUT2D eigenvalue weighted by Gasteiger charge is 2.16. The molecule has 0 bridgehead atoms. The summed E-state index contributed by atoms with van der Waals surface area (Å²) < 4.78 is 9.33. The molecule has 0 unspecified atom stereocenters. The second-order valence-corrected chi connectivity index (χ2v) is 5.53. The number of benzene rings is 2. The lowest BCUT2D eigenvalue weighted by Crippen LogP contribution is -2.15. The summed E-state index contributed by atoms with van der Waals surface area (Å²) in [6.07, 6.45) is 1.07. The summed E-state index contributed by atoms with van der Waals surface area (Å²) in [5, 5.41) is 24.1. The van der Waals surface area contributed by atoms with Crippen molar-refractivity contribution in [1.29, 1.82) is 5.26 Å². The van der Waals surface area contributed by atoms with Crippen molar-refractivity contribution < 1.29 is 29.0 Å². The lowest BCUT2D eigenvalue weighted by molar-refractivity contribution is -0.112. The Labute approximate surface area is 166 Å². The van der Waals surface area contributed by atoms with Crippen LogP contribution in [0.4, 0.5) is 11.4 Å². The number of ether oxygens (including phenoxy) is 2. The molecule has 0 saturated heterocycles. The fourth-order valence-corrected chi connectivity index (χ4v) is 2.26. The predicted octanol–water partition coefficient (Wildman–Crippen LogP) is 2.42. The van der Waals surface area contributed by atoms with E-state index in [1.807, 2.05) is 0 Å². The third-order valence-corrected chi connectivity index (χ3v) is 3.74. The zero-order valence-corrected chi connectivity index (χ0v) is 15.6. The number of carbonyl (C=O) groups is 3. The zero-order chi connectivity index (χ0) is 21.4. The average molecular weight is 395 g/mol. The summed E-state index contributed by atoms with van der Waals surface area (Å²) in [4.78, 5) is 36.0. The zero-order valence-electron chi connectivity index (χ0n) is 15.6. The number of anilines is 2. The molecule has 2 aromatic carbocycles. The molecule has 2 aromatic rings. The van der Waals surface area contributed by atoms with Gasteiger partial charge in [-0.2, -0.15) is 5.26 Å². The summed E-state index contributed by atoms with van der Waals surface area (Å²) in [7, 11) is 2.40. The first-order chi connectivity index (χ1) is 13.9. The van der Waals surface area contributed by atoms with Crippen molar-refractivity contribution in [1.82, 2.24) is 0 Å². The number of hydrogen-bond acceptors (Lipinski definition) is 8. The van der Waals surface area contributed by atoms with Crippen molar-refractivity contribution in [2.24, 2.45) is 0 Å². The van der Waals surface area contributed by atoms with Crippen molar-refractivity contribution in [2.75, 3.05) is 24.9 Å². The van der Waals surface area contributed by atoms with E-state index >= 15 is 0 Å². The van der Waals surface area contributed by atoms with Crippen molar-refractivity contribution in [3.05, 3.63) is 65.4 Å². The maximum Gasteiger partial charge on any atom is 0.339 e. The number of phenols is 1. The van der Waals surface area contributed by atoms with E-state index in [-0.39, 0.29) is 33.8 Å². The van der Waals surface area contributed by atoms with Gasteiger partial charge in [-0.1, -0.05) is 12.1 Å². The van der Waals surface area contributed by atoms with Gasteiger partial charge in [0.1, 0.15) is 17.4 Å². The second kappa shape index (κ2) is 9.57. The second-order valence-electron chi connectivity index (χ2n) is 5.53. The number of carbonyl (C=O) groups excluding carboxylic acids is 3. The summed E-state index contributed by atoms with van der Waals surface area (Å²) in [6, 6.07) is 11.8. The normalized spacial score (nSPS) is 10.4. The lowest BCUT2D eigenvalue weighted by Gasteiger charge is -2.10. The minimum Gasteiger partial charge on any atom is -0.506 e. The largest absolute Gasteiger partial charge is 0.506 e. The van der Waals surface area contributed by atoms with Crippen molar-refractivity contribution in [3.8, 4) is 11.8 Å². The summed E-state index contributed by atoms with van der Waals surface area (Å²) >= 11 is 0. The smallest absolute Gasteiger partial charge is 0.339 e. The summed E-state index contributed by atoms with van der Waals surface area (Å²) in [6.45, 7) is 0. The van der Waals surface area contributed by atoms with E-state index < -0.39 is 17.8 Å². The van der Waals surface area contributed by atoms with Gasteiger partial charge in [0.15, 0.2) is 0 Å². The van der Waals surface area contributed by atoms with Gasteiger partial charge in [-0.25, -0.2) is 9.59 Å². The number of nitrogens with one attached hydrogen (secondary N) is 2. The van der Waals surface area contributed by atoms with Crippen molar-refractivity contribution in [3.63, 3.8) is 0 Å². The fourth-order valence-electron chi connectivity index (χ4n) is 2.26. The lowest BCUT2D eigenvalue weighted by atomic mass is 10.1. The van der Waals surface area contributed by atoms with Gasteiger partial charge >= 0.3 is 11.9 Å². The number of rotatable bonds is 6. The average Bonchev–Trinajstić information content (AvgIpc) is 2.74. The molecular weight excluding hydrogens is 378 g/mol. The first-order valence-corrected chi connectivity index (χ1v) is 8.18. The quantitative estimate of drug-likeness (QED) is 0.293. The van der Waals surface area contributed by atoms with Gasteiger partial charge in [-0.15, -0.1) is 0 Å². The molecule has 0 spiro atoms. The number of amides is 1. The van der Waals surface area contributed by atoms with Crippen LogP contribution in [0.3, 0.4) is 0 Å². The van der Waals surface area contributed by atoms with Crippen LogP contribution in [0.25, 0.3) is 0 Å². The fraction of sp³-hybridized carbons (Fsp3) is 0.100. The topological polar surface area (TPSA) is 138 Å². The molecule has 3 N–H and O–H groups in total. The molecule has 9 nitrogen and oxygen atoms in total. The Hall–Kier alpha value is -4.32. The molecule has 0 heterocycles. The maximum atomic E-state index is 12.3. The molecule has 148 valence electrons. The Morgan fingerprint density at radius 1 is 1.03 bits per heavy atom. The van der Waals surface area contributed by atoms with Crippen LogP contribution in [0, 0.1) is 11.3 Å². The van der Waals surface area contributed by atoms with Crippen molar-refractivity contribution in [2.45, 2.75) is 0 Å². The molecule has 2 rings (SSSR count). The maximum absolute atomic E-state index is 12.3. The molecule has 0 radical (unpaired) electrons. The molecule has 0 atom stereocenters. The van der Waals surface area contributed by atoms with Crippen LogP contribution < -0.4 is 10.6 Å². The monoisotopic (exact) mass is 395 g/mol. The molecular formula is C20H17N3O6. The van der Waals surface area contributed by atoms with Gasteiger partial charge in [-0.05, 0) is 30.3 Å². The van der Waals surface area contributed by atoms with Gasteiger partial charge in [0.25, 0.3) is 5.91 Å².